The smallest absolute Gasteiger partial charge is 0.326 e. The van der Waals surface area contributed by atoms with Crippen molar-refractivity contribution in [2.24, 2.45) is 0 Å². The molecule has 186 valence electrons. The van der Waals surface area contributed by atoms with Gasteiger partial charge >= 0.3 is 11.9 Å². The fraction of sp³-hybridized carbons (Fsp3) is 0.316. The second-order valence-electron chi connectivity index (χ2n) is 7.15. The molecule has 15 heteroatoms. The number of H-pyrrole nitrogens is 1. The molecule has 0 fully saturated rings. The molecule has 0 aliphatic carbocycles. The Morgan fingerprint density at radius 2 is 1.85 bits per heavy atom. The van der Waals surface area contributed by atoms with E-state index in [2.05, 4.69) is 31.2 Å². The molecule has 2 heterocycles. The number of carbonyl (C=O) groups is 3. The summed E-state index contributed by atoms with van der Waals surface area (Å²) in [5.74, 6) is -2.64. The quantitative estimate of drug-likeness (QED) is 0.195. The largest absolute Gasteiger partial charge is 0.481 e. The van der Waals surface area contributed by atoms with Crippen LogP contribution in [0.2, 0.25) is 0 Å². The van der Waals surface area contributed by atoms with Crippen LogP contribution in [0.4, 0.5) is 23.1 Å². The van der Waals surface area contributed by atoms with Gasteiger partial charge in [-0.15, -0.1) is 0 Å². The molecule has 1 aliphatic heterocycles. The minimum atomic E-state index is -1.30. The first-order chi connectivity index (χ1) is 15.2. The highest BCUT2D eigenvalue weighted by Crippen LogP contribution is 2.20. The van der Waals surface area contributed by atoms with Gasteiger partial charge < -0.3 is 48.2 Å². The van der Waals surface area contributed by atoms with Gasteiger partial charge in [0.05, 0.1) is 6.04 Å². The highest BCUT2D eigenvalue weighted by Gasteiger charge is 2.23. The number of benzene rings is 1. The lowest BCUT2D eigenvalue weighted by molar-refractivity contribution is -0.140. The standard InChI is InChI=1S/C19H23N7O6.2H2O/c20-19-25-15-14(17(30)26-19)23-11(8-22-15)7-21-10-3-1-9(2-4-10)16(29)24-12(18(31)32)5-6-13(27)28;;/h1-4,11-12,21,23H,5-8H2,(H,24,29)(H,27,28)(H,31,32)(H4,20,22,25,26,30);2*1H2/t11?,12-;;/m0../s1. The zero-order chi connectivity index (χ0) is 23.3. The summed E-state index contributed by atoms with van der Waals surface area (Å²) in [6.07, 6.45) is -0.587. The lowest BCUT2D eigenvalue weighted by atomic mass is 10.1. The van der Waals surface area contributed by atoms with Crippen LogP contribution in [0.15, 0.2) is 29.1 Å². The number of aliphatic carboxylic acids is 2. The highest BCUT2D eigenvalue weighted by atomic mass is 16.4. The highest BCUT2D eigenvalue weighted by molar-refractivity contribution is 5.96. The van der Waals surface area contributed by atoms with Gasteiger partial charge in [-0.25, -0.2) is 4.79 Å². The molecule has 1 aliphatic rings. The molecule has 1 aromatic heterocycles. The summed E-state index contributed by atoms with van der Waals surface area (Å²) in [6.45, 7) is 0.960. The summed E-state index contributed by atoms with van der Waals surface area (Å²) in [5, 5.41) is 29.5. The number of amides is 1. The predicted molar refractivity (Wildman–Crippen MR) is 123 cm³/mol. The van der Waals surface area contributed by atoms with E-state index in [4.69, 9.17) is 15.9 Å². The van der Waals surface area contributed by atoms with E-state index in [1.807, 2.05) is 0 Å². The second-order valence-corrected chi connectivity index (χ2v) is 7.15. The Morgan fingerprint density at radius 1 is 1.18 bits per heavy atom. The van der Waals surface area contributed by atoms with Crippen molar-refractivity contribution < 1.29 is 35.5 Å². The van der Waals surface area contributed by atoms with Crippen LogP contribution in [0.1, 0.15) is 23.2 Å². The molecule has 0 bridgehead atoms. The van der Waals surface area contributed by atoms with Gasteiger partial charge in [-0.2, -0.15) is 4.98 Å². The van der Waals surface area contributed by atoms with E-state index < -0.39 is 23.9 Å². The molecular formula is C19H27N7O8. The number of nitrogens with two attached hydrogens (primary N) is 1. The lowest BCUT2D eigenvalue weighted by Gasteiger charge is -2.27. The maximum atomic E-state index is 12.3. The number of rotatable bonds is 9. The number of carboxylic acids is 2. The summed E-state index contributed by atoms with van der Waals surface area (Å²) in [4.78, 5) is 52.6. The first kappa shape index (κ1) is 27.7. The van der Waals surface area contributed by atoms with E-state index >= 15 is 0 Å². The molecule has 0 spiro atoms. The van der Waals surface area contributed by atoms with Crippen molar-refractivity contribution in [3.8, 4) is 0 Å². The number of aromatic nitrogens is 2. The van der Waals surface area contributed by atoms with Crippen LogP contribution >= 0.6 is 0 Å². The lowest BCUT2D eigenvalue weighted by Crippen LogP contribution is -2.41. The molecule has 15 nitrogen and oxygen atoms in total. The summed E-state index contributed by atoms with van der Waals surface area (Å²) in [5.41, 5.74) is 6.40. The van der Waals surface area contributed by atoms with Gasteiger partial charge in [-0.1, -0.05) is 0 Å². The van der Waals surface area contributed by atoms with Gasteiger partial charge in [0.2, 0.25) is 5.95 Å². The average Bonchev–Trinajstić information content (AvgIpc) is 2.75. The third-order valence-electron chi connectivity index (χ3n) is 4.75. The molecule has 0 radical (unpaired) electrons. The molecule has 2 aromatic rings. The SMILES string of the molecule is Nc1nc2c(c(=O)[nH]1)NC(CNc1ccc(C(=O)N[C@@H](CCC(=O)O)C(=O)O)cc1)CN2.O.O. The maximum Gasteiger partial charge on any atom is 0.326 e. The van der Waals surface area contributed by atoms with Crippen LogP contribution in [0.5, 0.6) is 0 Å². The van der Waals surface area contributed by atoms with Crippen LogP contribution in [0.3, 0.4) is 0 Å². The van der Waals surface area contributed by atoms with Gasteiger partial charge in [-0.05, 0) is 30.7 Å². The normalized spacial score (nSPS) is 14.5. The van der Waals surface area contributed by atoms with Crippen molar-refractivity contribution in [1.29, 1.82) is 0 Å². The van der Waals surface area contributed by atoms with Gasteiger partial charge in [-0.3, -0.25) is 19.4 Å². The molecule has 13 N–H and O–H groups in total. The van der Waals surface area contributed by atoms with Crippen LogP contribution in [-0.2, 0) is 9.59 Å². The second kappa shape index (κ2) is 12.0. The fourth-order valence-electron chi connectivity index (χ4n) is 3.10. The number of nitrogen functional groups attached to an aromatic ring is 1. The van der Waals surface area contributed by atoms with Crippen molar-refractivity contribution in [3.05, 3.63) is 40.2 Å². The third kappa shape index (κ3) is 7.07. The molecule has 3 rings (SSSR count). The zero-order valence-electron chi connectivity index (χ0n) is 17.8. The van der Waals surface area contributed by atoms with E-state index in [0.29, 0.717) is 30.3 Å². The molecule has 34 heavy (non-hydrogen) atoms. The van der Waals surface area contributed by atoms with E-state index in [1.54, 1.807) is 12.1 Å². The van der Waals surface area contributed by atoms with E-state index in [0.717, 1.165) is 0 Å². The van der Waals surface area contributed by atoms with Crippen LogP contribution in [0, 0.1) is 0 Å². The Balaban J connectivity index is 0.00000289. The minimum Gasteiger partial charge on any atom is -0.481 e. The predicted octanol–water partition coefficient (Wildman–Crippen LogP) is -1.93. The van der Waals surface area contributed by atoms with Crippen molar-refractivity contribution >= 4 is 41.0 Å². The van der Waals surface area contributed by atoms with Gasteiger partial charge in [0.15, 0.2) is 5.82 Å². The number of fused-ring (bicyclic) bond motifs is 1. The van der Waals surface area contributed by atoms with Gasteiger partial charge in [0.1, 0.15) is 11.7 Å². The summed E-state index contributed by atoms with van der Waals surface area (Å²) in [6, 6.07) is 4.93. The van der Waals surface area contributed by atoms with Crippen molar-refractivity contribution in [3.63, 3.8) is 0 Å². The van der Waals surface area contributed by atoms with Crippen molar-refractivity contribution in [2.75, 3.05) is 34.8 Å². The fourth-order valence-corrected chi connectivity index (χ4v) is 3.10. The monoisotopic (exact) mass is 481 g/mol. The molecule has 1 unspecified atom stereocenters. The number of hydrogen-bond donors (Lipinski definition) is 8. The molecule has 1 amide bonds. The Bertz CT molecular complexity index is 1070. The van der Waals surface area contributed by atoms with Gasteiger partial charge in [0.25, 0.3) is 11.5 Å². The van der Waals surface area contributed by atoms with Crippen LogP contribution in [0.25, 0.3) is 0 Å². The van der Waals surface area contributed by atoms with E-state index in [1.165, 1.54) is 12.1 Å². The zero-order valence-corrected chi connectivity index (χ0v) is 17.8. The number of aromatic amines is 1. The maximum absolute atomic E-state index is 12.3. The molecular weight excluding hydrogens is 454 g/mol. The Labute approximate surface area is 192 Å². The van der Waals surface area contributed by atoms with Crippen molar-refractivity contribution in [1.82, 2.24) is 15.3 Å². The number of hydrogen-bond acceptors (Lipinski definition) is 9. The van der Waals surface area contributed by atoms with E-state index in [-0.39, 0.29) is 46.9 Å². The van der Waals surface area contributed by atoms with Crippen LogP contribution < -0.4 is 32.6 Å². The van der Waals surface area contributed by atoms with Crippen LogP contribution in [-0.4, -0.2) is 74.2 Å². The minimum absolute atomic E-state index is 0. The Kier molecular flexibility index (Phi) is 9.79. The Morgan fingerprint density at radius 3 is 2.47 bits per heavy atom. The average molecular weight is 481 g/mol. The summed E-state index contributed by atoms with van der Waals surface area (Å²) < 4.78 is 0. The summed E-state index contributed by atoms with van der Waals surface area (Å²) in [7, 11) is 0. The van der Waals surface area contributed by atoms with Gasteiger partial charge in [0, 0.05) is 30.8 Å². The van der Waals surface area contributed by atoms with E-state index in [9.17, 15) is 19.2 Å². The number of carbonyl (C=O) groups excluding carboxylic acids is 1. The Hall–Kier alpha value is -4.37. The molecule has 0 saturated carbocycles. The number of anilines is 4. The molecule has 1 aromatic carbocycles. The first-order valence-electron chi connectivity index (χ1n) is 9.72. The first-order valence-corrected chi connectivity index (χ1v) is 9.72. The number of carboxylic acid groups (broad SMARTS) is 2. The third-order valence-corrected chi connectivity index (χ3v) is 4.75. The van der Waals surface area contributed by atoms with Crippen molar-refractivity contribution in [2.45, 2.75) is 24.9 Å². The topological polar surface area (TPSA) is 275 Å². The number of nitrogens with zero attached hydrogens (tertiary/aromatic N) is 1. The molecule has 0 saturated heterocycles. The summed E-state index contributed by atoms with van der Waals surface area (Å²) >= 11 is 0. The molecule has 2 atom stereocenters. The number of nitrogens with one attached hydrogen (secondary N) is 5.